The van der Waals surface area contributed by atoms with E-state index < -0.39 is 0 Å². The van der Waals surface area contributed by atoms with Crippen LogP contribution in [0.3, 0.4) is 0 Å². The van der Waals surface area contributed by atoms with Gasteiger partial charge in [0.1, 0.15) is 6.17 Å². The first kappa shape index (κ1) is 21.9. The molecule has 1 aromatic carbocycles. The van der Waals surface area contributed by atoms with Crippen LogP contribution in [-0.4, -0.2) is 72.3 Å². The number of rotatable bonds is 8. The molecule has 0 N–H and O–H groups in total. The van der Waals surface area contributed by atoms with Gasteiger partial charge in [0, 0.05) is 18.7 Å². The smallest absolute Gasteiger partial charge is 0.303 e. The minimum Gasteiger partial charge on any atom is -0.493 e. The van der Waals surface area contributed by atoms with E-state index >= 15 is 0 Å². The highest BCUT2D eigenvalue weighted by atomic mass is 32.2. The molecule has 2 aliphatic heterocycles. The Bertz CT molecular complexity index is 737. The lowest BCUT2D eigenvalue weighted by Crippen LogP contribution is -2.53. The highest BCUT2D eigenvalue weighted by molar-refractivity contribution is 8.14. The number of hydrazone groups is 1. The quantitative estimate of drug-likeness (QED) is 0.636. The Morgan fingerprint density at radius 2 is 2.00 bits per heavy atom. The second kappa shape index (κ2) is 10.3. The molecule has 0 saturated carbocycles. The van der Waals surface area contributed by atoms with Gasteiger partial charge in [-0.2, -0.15) is 5.10 Å². The molecule has 2 heterocycles. The fraction of sp³-hybridized carbons (Fsp3) is 0.619. The van der Waals surface area contributed by atoms with E-state index in [0.29, 0.717) is 31.3 Å². The third-order valence-electron chi connectivity index (χ3n) is 5.20. The minimum atomic E-state index is -0.0590. The van der Waals surface area contributed by atoms with Crippen molar-refractivity contribution < 1.29 is 19.0 Å². The van der Waals surface area contributed by atoms with Gasteiger partial charge in [0.05, 0.1) is 37.9 Å². The third kappa shape index (κ3) is 4.87. The van der Waals surface area contributed by atoms with E-state index in [1.165, 1.54) is 11.8 Å². The highest BCUT2D eigenvalue weighted by Gasteiger charge is 2.36. The van der Waals surface area contributed by atoms with Crippen molar-refractivity contribution in [3.63, 3.8) is 0 Å². The number of thioether (sulfide) groups is 1. The summed E-state index contributed by atoms with van der Waals surface area (Å²) in [6.07, 6.45) is 1.58. The zero-order valence-electron chi connectivity index (χ0n) is 17.7. The van der Waals surface area contributed by atoms with Gasteiger partial charge in [-0.05, 0) is 38.0 Å². The van der Waals surface area contributed by atoms with E-state index in [1.807, 2.05) is 25.1 Å². The highest BCUT2D eigenvalue weighted by Crippen LogP contribution is 2.34. The molecule has 1 amide bonds. The summed E-state index contributed by atoms with van der Waals surface area (Å²) in [5.41, 5.74) is 1.87. The average Bonchev–Trinajstić information content (AvgIpc) is 2.76. The predicted octanol–water partition coefficient (Wildman–Crippen LogP) is 3.81. The Labute approximate surface area is 177 Å². The minimum absolute atomic E-state index is 0.0116. The van der Waals surface area contributed by atoms with E-state index in [2.05, 4.69) is 18.7 Å². The van der Waals surface area contributed by atoms with Gasteiger partial charge < -0.3 is 14.2 Å². The van der Waals surface area contributed by atoms with Crippen molar-refractivity contribution in [2.75, 3.05) is 40.0 Å². The lowest BCUT2D eigenvalue weighted by Gasteiger charge is -2.40. The summed E-state index contributed by atoms with van der Waals surface area (Å²) in [5, 5.41) is 6.59. The van der Waals surface area contributed by atoms with Crippen LogP contribution in [0.15, 0.2) is 23.3 Å². The molecule has 7 nitrogen and oxygen atoms in total. The number of amides is 1. The molecule has 1 aromatic rings. The molecular weight excluding hydrogens is 390 g/mol. The van der Waals surface area contributed by atoms with E-state index in [9.17, 15) is 4.79 Å². The van der Waals surface area contributed by atoms with Crippen molar-refractivity contribution in [2.45, 2.75) is 45.0 Å². The monoisotopic (exact) mass is 421 g/mol. The van der Waals surface area contributed by atoms with Crippen LogP contribution in [0.1, 0.15) is 39.2 Å². The number of ether oxygens (including phenoxy) is 3. The lowest BCUT2D eigenvalue weighted by molar-refractivity contribution is -0.0191. The fourth-order valence-corrected chi connectivity index (χ4v) is 4.70. The summed E-state index contributed by atoms with van der Waals surface area (Å²) < 4.78 is 16.6. The Hall–Kier alpha value is -1.77. The number of benzene rings is 1. The molecule has 29 heavy (non-hydrogen) atoms. The van der Waals surface area contributed by atoms with Crippen LogP contribution in [0.2, 0.25) is 0 Å². The second-order valence-electron chi connectivity index (χ2n) is 6.95. The summed E-state index contributed by atoms with van der Waals surface area (Å²) in [6, 6.07) is 5.86. The predicted molar refractivity (Wildman–Crippen MR) is 116 cm³/mol. The normalized spacial score (nSPS) is 21.7. The molecule has 2 atom stereocenters. The summed E-state index contributed by atoms with van der Waals surface area (Å²) in [7, 11) is 1.63. The molecule has 0 aliphatic carbocycles. The largest absolute Gasteiger partial charge is 0.493 e. The standard InChI is InChI=1S/C21H31N3O4S/c1-5-18-20(15-8-9-16(26-4)17(14-15)28-7-3)22-24(21(25)29-18)19(6-2)23-10-12-27-13-11-23/h8-9,14,18-19H,5-7,10-13H2,1-4H3. The van der Waals surface area contributed by atoms with Gasteiger partial charge in [-0.3, -0.25) is 9.69 Å². The topological polar surface area (TPSA) is 63.6 Å². The molecule has 160 valence electrons. The van der Waals surface area contributed by atoms with Crippen molar-refractivity contribution in [3.05, 3.63) is 23.8 Å². The number of carbonyl (C=O) groups excluding carboxylic acids is 1. The van der Waals surface area contributed by atoms with Gasteiger partial charge in [-0.1, -0.05) is 25.6 Å². The van der Waals surface area contributed by atoms with Crippen LogP contribution in [0.4, 0.5) is 4.79 Å². The number of morpholine rings is 1. The van der Waals surface area contributed by atoms with Crippen LogP contribution < -0.4 is 9.47 Å². The Balaban J connectivity index is 1.97. The fourth-order valence-electron chi connectivity index (χ4n) is 3.73. The van der Waals surface area contributed by atoms with Gasteiger partial charge >= 0.3 is 5.24 Å². The summed E-state index contributed by atoms with van der Waals surface area (Å²) in [6.45, 7) is 9.69. The molecule has 8 heteroatoms. The van der Waals surface area contributed by atoms with E-state index in [0.717, 1.165) is 37.2 Å². The number of methoxy groups -OCH3 is 1. The zero-order chi connectivity index (χ0) is 20.8. The molecule has 0 bridgehead atoms. The van der Waals surface area contributed by atoms with E-state index in [4.69, 9.17) is 19.3 Å². The summed E-state index contributed by atoms with van der Waals surface area (Å²) in [4.78, 5) is 15.2. The van der Waals surface area contributed by atoms with Gasteiger partial charge in [-0.15, -0.1) is 0 Å². The van der Waals surface area contributed by atoms with Crippen LogP contribution in [0.25, 0.3) is 0 Å². The number of nitrogens with zero attached hydrogens (tertiary/aromatic N) is 3. The first-order chi connectivity index (χ1) is 14.1. The molecule has 1 saturated heterocycles. The molecule has 0 aromatic heterocycles. The number of hydrogen-bond acceptors (Lipinski definition) is 7. The van der Waals surface area contributed by atoms with Crippen molar-refractivity contribution in [3.8, 4) is 11.5 Å². The van der Waals surface area contributed by atoms with E-state index in [-0.39, 0.29) is 16.7 Å². The first-order valence-electron chi connectivity index (χ1n) is 10.3. The van der Waals surface area contributed by atoms with Gasteiger partial charge in [0.25, 0.3) is 0 Å². The van der Waals surface area contributed by atoms with Crippen molar-refractivity contribution in [1.29, 1.82) is 0 Å². The SMILES string of the molecule is CCOc1cc(C2=NN(C(CC)N3CCOCC3)C(=O)SC2CC)ccc1OC. The Morgan fingerprint density at radius 1 is 1.24 bits per heavy atom. The molecular formula is C21H31N3O4S. The molecule has 2 aliphatic rings. The molecule has 3 rings (SSSR count). The van der Waals surface area contributed by atoms with Crippen molar-refractivity contribution in [1.82, 2.24) is 9.91 Å². The Kier molecular flexibility index (Phi) is 7.80. The van der Waals surface area contributed by atoms with Gasteiger partial charge in [-0.25, -0.2) is 5.01 Å². The molecule has 1 fully saturated rings. The number of hydrogen-bond donors (Lipinski definition) is 0. The van der Waals surface area contributed by atoms with E-state index in [1.54, 1.807) is 12.1 Å². The summed E-state index contributed by atoms with van der Waals surface area (Å²) >= 11 is 1.36. The summed E-state index contributed by atoms with van der Waals surface area (Å²) in [5.74, 6) is 1.39. The maximum Gasteiger partial charge on any atom is 0.303 e. The lowest BCUT2D eigenvalue weighted by atomic mass is 10.0. The molecule has 0 radical (unpaired) electrons. The zero-order valence-corrected chi connectivity index (χ0v) is 18.5. The molecule has 2 unspecified atom stereocenters. The van der Waals surface area contributed by atoms with Crippen molar-refractivity contribution in [2.24, 2.45) is 5.10 Å². The first-order valence-corrected chi connectivity index (χ1v) is 11.2. The van der Waals surface area contributed by atoms with Crippen LogP contribution >= 0.6 is 11.8 Å². The average molecular weight is 422 g/mol. The third-order valence-corrected chi connectivity index (χ3v) is 6.43. The van der Waals surface area contributed by atoms with Crippen LogP contribution in [0.5, 0.6) is 11.5 Å². The van der Waals surface area contributed by atoms with Crippen LogP contribution in [0, 0.1) is 0 Å². The van der Waals surface area contributed by atoms with Gasteiger partial charge in [0.15, 0.2) is 11.5 Å². The maximum atomic E-state index is 12.9. The molecule has 0 spiro atoms. The Morgan fingerprint density at radius 3 is 2.62 bits per heavy atom. The van der Waals surface area contributed by atoms with Crippen LogP contribution in [-0.2, 0) is 4.74 Å². The second-order valence-corrected chi connectivity index (χ2v) is 8.10. The van der Waals surface area contributed by atoms with Crippen molar-refractivity contribution >= 4 is 22.7 Å². The van der Waals surface area contributed by atoms with Gasteiger partial charge in [0.2, 0.25) is 0 Å². The maximum absolute atomic E-state index is 12.9. The number of carbonyl (C=O) groups is 1.